The van der Waals surface area contributed by atoms with Crippen LogP contribution in [0.4, 0.5) is 26.3 Å². The molecule has 184 valence electrons. The molecular formula is C21H20Br2F6S4. The van der Waals surface area contributed by atoms with Crippen molar-refractivity contribution in [3.8, 4) is 0 Å². The van der Waals surface area contributed by atoms with Gasteiger partial charge in [0.1, 0.15) is 0 Å². The standard InChI is InChI=1S/C21H20Br2F6S4/c1-5-17-11(13(22)15(32-17)30-7-3)9-10(20(26,27)21(28,29)19(9,24)25)12-14(23)16(31-8-4)33-18(12,17)6-2/h5-8H2,1-4H3/t17-,18+. The SMILES string of the molecule is CCSC1=C(Br)C2=C3C(=C4C(Br)=C(SCC)S[C@@]4(CC)[C@@]2(CC)S1)C(F)(F)C(F)(F)C3(F)F. The summed E-state index contributed by atoms with van der Waals surface area (Å²) in [6.07, 6.45) is 0.628. The maximum atomic E-state index is 15.4. The maximum Gasteiger partial charge on any atom is 0.380 e. The van der Waals surface area contributed by atoms with Gasteiger partial charge in [-0.25, -0.2) is 0 Å². The van der Waals surface area contributed by atoms with Crippen LogP contribution in [0.5, 0.6) is 0 Å². The molecule has 2 atom stereocenters. The fourth-order valence-electron chi connectivity index (χ4n) is 5.16. The Bertz CT molecular complexity index is 967. The van der Waals surface area contributed by atoms with Gasteiger partial charge in [-0.15, -0.1) is 47.0 Å². The van der Waals surface area contributed by atoms with E-state index < -0.39 is 38.4 Å². The summed E-state index contributed by atoms with van der Waals surface area (Å²) in [6, 6.07) is 0. The van der Waals surface area contributed by atoms with Gasteiger partial charge < -0.3 is 0 Å². The highest BCUT2D eigenvalue weighted by atomic mass is 79.9. The molecule has 0 saturated heterocycles. The molecule has 2 aliphatic carbocycles. The van der Waals surface area contributed by atoms with Crippen molar-refractivity contribution in [1.29, 1.82) is 0 Å². The first-order valence-corrected chi connectivity index (χ1v) is 15.5. The lowest BCUT2D eigenvalue weighted by Crippen LogP contribution is -2.52. The third kappa shape index (κ3) is 3.03. The largest absolute Gasteiger partial charge is 0.380 e. The minimum absolute atomic E-state index is 0.0936. The van der Waals surface area contributed by atoms with Crippen molar-refractivity contribution in [1.82, 2.24) is 0 Å². The molecule has 0 aromatic rings. The first kappa shape index (κ1) is 26.9. The van der Waals surface area contributed by atoms with Crippen molar-refractivity contribution < 1.29 is 26.3 Å². The van der Waals surface area contributed by atoms with Crippen LogP contribution in [-0.4, -0.2) is 38.8 Å². The van der Waals surface area contributed by atoms with Gasteiger partial charge in [-0.1, -0.05) is 27.7 Å². The molecule has 2 aliphatic heterocycles. The Morgan fingerprint density at radius 1 is 0.636 bits per heavy atom. The van der Waals surface area contributed by atoms with Crippen LogP contribution in [0, 0.1) is 0 Å². The molecule has 0 bridgehead atoms. The summed E-state index contributed by atoms with van der Waals surface area (Å²) >= 11 is 12.3. The molecule has 1 fully saturated rings. The molecule has 0 nitrogen and oxygen atoms in total. The summed E-state index contributed by atoms with van der Waals surface area (Å²) in [7, 11) is 0. The van der Waals surface area contributed by atoms with E-state index in [1.165, 1.54) is 47.0 Å². The van der Waals surface area contributed by atoms with Crippen molar-refractivity contribution in [3.63, 3.8) is 0 Å². The molecule has 4 aliphatic rings. The Morgan fingerprint density at radius 2 is 0.970 bits per heavy atom. The molecule has 12 heteroatoms. The van der Waals surface area contributed by atoms with E-state index in [1.54, 1.807) is 0 Å². The average molecular weight is 674 g/mol. The predicted octanol–water partition coefficient (Wildman–Crippen LogP) is 9.94. The van der Waals surface area contributed by atoms with E-state index in [1.807, 2.05) is 27.7 Å². The maximum absolute atomic E-state index is 15.4. The smallest absolute Gasteiger partial charge is 0.194 e. The molecule has 0 spiro atoms. The Kier molecular flexibility index (Phi) is 6.91. The van der Waals surface area contributed by atoms with Gasteiger partial charge in [0.05, 0.1) is 18.0 Å². The van der Waals surface area contributed by atoms with E-state index >= 15 is 17.6 Å². The van der Waals surface area contributed by atoms with E-state index in [2.05, 4.69) is 31.9 Å². The number of hydrogen-bond donors (Lipinski definition) is 0. The Balaban J connectivity index is 2.23. The van der Waals surface area contributed by atoms with Crippen LogP contribution in [0.1, 0.15) is 40.5 Å². The highest BCUT2D eigenvalue weighted by Gasteiger charge is 2.85. The fourth-order valence-corrected chi connectivity index (χ4v) is 13.7. The number of rotatable bonds is 6. The Morgan fingerprint density at radius 3 is 1.24 bits per heavy atom. The Labute approximate surface area is 222 Å². The highest BCUT2D eigenvalue weighted by molar-refractivity contribution is 9.12. The van der Waals surface area contributed by atoms with E-state index in [0.29, 0.717) is 32.8 Å². The highest BCUT2D eigenvalue weighted by Crippen LogP contribution is 2.79. The summed E-state index contributed by atoms with van der Waals surface area (Å²) in [4.78, 5) is 0. The summed E-state index contributed by atoms with van der Waals surface area (Å²) in [5.41, 5.74) is -2.59. The molecule has 0 N–H and O–H groups in total. The molecule has 0 aromatic heterocycles. The fraction of sp³-hybridized carbons (Fsp3) is 0.619. The van der Waals surface area contributed by atoms with Gasteiger partial charge >= 0.3 is 17.8 Å². The molecule has 0 amide bonds. The Hall–Kier alpha value is 0.900. The van der Waals surface area contributed by atoms with Crippen molar-refractivity contribution >= 4 is 78.9 Å². The van der Waals surface area contributed by atoms with Crippen LogP contribution in [0.3, 0.4) is 0 Å². The molecule has 0 aromatic carbocycles. The summed E-state index contributed by atoms with van der Waals surface area (Å²) in [5.74, 6) is -14.3. The second kappa shape index (κ2) is 8.46. The second-order valence-corrected chi connectivity index (χ2v) is 15.1. The third-order valence-corrected chi connectivity index (χ3v) is 15.1. The first-order chi connectivity index (χ1) is 15.3. The quantitative estimate of drug-likeness (QED) is 0.257. The average Bonchev–Trinajstić information content (AvgIpc) is 3.23. The molecule has 2 heterocycles. The predicted molar refractivity (Wildman–Crippen MR) is 138 cm³/mol. The van der Waals surface area contributed by atoms with Gasteiger partial charge in [0.2, 0.25) is 0 Å². The molecule has 0 unspecified atom stereocenters. The van der Waals surface area contributed by atoms with Crippen molar-refractivity contribution in [2.45, 2.75) is 67.8 Å². The minimum Gasteiger partial charge on any atom is -0.194 e. The normalized spacial score (nSPS) is 33.8. The molecule has 1 saturated carbocycles. The number of fused-ring (bicyclic) bond motifs is 4. The number of hydrogen-bond acceptors (Lipinski definition) is 4. The van der Waals surface area contributed by atoms with Crippen LogP contribution in [-0.2, 0) is 0 Å². The van der Waals surface area contributed by atoms with Crippen LogP contribution < -0.4 is 0 Å². The summed E-state index contributed by atoms with van der Waals surface area (Å²) in [6.45, 7) is 7.42. The number of allylic oxidation sites excluding steroid dienone is 4. The van der Waals surface area contributed by atoms with Gasteiger partial charge in [-0.3, -0.25) is 0 Å². The zero-order valence-corrected chi connectivity index (χ0v) is 24.4. The number of thioether (sulfide) groups is 4. The molecule has 33 heavy (non-hydrogen) atoms. The zero-order chi connectivity index (χ0) is 24.8. The van der Waals surface area contributed by atoms with Crippen LogP contribution in [0.25, 0.3) is 0 Å². The summed E-state index contributed by atoms with van der Waals surface area (Å²) < 4.78 is 91.0. The monoisotopic (exact) mass is 672 g/mol. The lowest BCUT2D eigenvalue weighted by Gasteiger charge is -2.51. The lowest BCUT2D eigenvalue weighted by molar-refractivity contribution is -0.258. The van der Waals surface area contributed by atoms with Crippen molar-refractivity contribution in [3.05, 3.63) is 39.7 Å². The van der Waals surface area contributed by atoms with Gasteiger partial charge in [0.15, 0.2) is 0 Å². The van der Waals surface area contributed by atoms with Gasteiger partial charge in [0.25, 0.3) is 0 Å². The van der Waals surface area contributed by atoms with E-state index in [9.17, 15) is 8.78 Å². The van der Waals surface area contributed by atoms with Crippen molar-refractivity contribution in [2.75, 3.05) is 11.5 Å². The zero-order valence-electron chi connectivity index (χ0n) is 18.0. The minimum atomic E-state index is -5.54. The first-order valence-electron chi connectivity index (χ1n) is 10.3. The number of alkyl halides is 6. The van der Waals surface area contributed by atoms with Crippen molar-refractivity contribution in [2.24, 2.45) is 0 Å². The summed E-state index contributed by atoms with van der Waals surface area (Å²) in [5, 5.41) is 0. The molecular weight excluding hydrogens is 654 g/mol. The van der Waals surface area contributed by atoms with E-state index in [-0.39, 0.29) is 20.1 Å². The van der Waals surface area contributed by atoms with Crippen LogP contribution in [0.15, 0.2) is 39.7 Å². The number of halogens is 8. The second-order valence-electron chi connectivity index (χ2n) is 7.86. The van der Waals surface area contributed by atoms with Crippen LogP contribution >= 0.6 is 78.9 Å². The lowest BCUT2D eigenvalue weighted by atomic mass is 9.67. The van der Waals surface area contributed by atoms with Crippen LogP contribution in [0.2, 0.25) is 0 Å². The van der Waals surface area contributed by atoms with Gasteiger partial charge in [-0.2, -0.15) is 26.3 Å². The molecule has 0 radical (unpaired) electrons. The van der Waals surface area contributed by atoms with Gasteiger partial charge in [-0.05, 0) is 67.4 Å². The van der Waals surface area contributed by atoms with Gasteiger partial charge in [0, 0.05) is 20.1 Å². The molecule has 4 rings (SSSR count). The topological polar surface area (TPSA) is 0 Å². The van der Waals surface area contributed by atoms with E-state index in [0.717, 1.165) is 0 Å². The third-order valence-electron chi connectivity index (χ3n) is 6.50. The van der Waals surface area contributed by atoms with E-state index in [4.69, 9.17) is 0 Å².